The van der Waals surface area contributed by atoms with Gasteiger partial charge in [-0.3, -0.25) is 9.48 Å². The minimum absolute atomic E-state index is 0.0660. The average molecular weight is 288 g/mol. The molecule has 1 aromatic heterocycles. The van der Waals surface area contributed by atoms with Crippen LogP contribution in [0.15, 0.2) is 30.5 Å². The number of amides is 1. The monoisotopic (exact) mass is 288 g/mol. The highest BCUT2D eigenvalue weighted by molar-refractivity contribution is 5.92. The minimum atomic E-state index is -0.0660. The first kappa shape index (κ1) is 14.9. The van der Waals surface area contributed by atoms with Crippen LogP contribution in [-0.2, 0) is 11.3 Å². The largest absolute Gasteiger partial charge is 0.495 e. The Hall–Kier alpha value is -2.50. The molecule has 0 aliphatic carbocycles. The molecule has 6 heteroatoms. The van der Waals surface area contributed by atoms with E-state index in [9.17, 15) is 4.79 Å². The van der Waals surface area contributed by atoms with Crippen molar-refractivity contribution in [3.63, 3.8) is 0 Å². The first-order chi connectivity index (χ1) is 10.1. The van der Waals surface area contributed by atoms with Gasteiger partial charge in [-0.15, -0.1) is 0 Å². The molecule has 2 aromatic rings. The first-order valence-electron chi connectivity index (χ1n) is 6.82. The van der Waals surface area contributed by atoms with Crippen LogP contribution in [0.1, 0.15) is 18.5 Å². The number of ether oxygens (including phenoxy) is 1. The van der Waals surface area contributed by atoms with Gasteiger partial charge in [-0.05, 0) is 37.6 Å². The summed E-state index contributed by atoms with van der Waals surface area (Å²) in [5, 5.41) is 7.01. The predicted octanol–water partition coefficient (Wildman–Crippen LogP) is 2.20. The molecule has 0 spiro atoms. The second-order valence-corrected chi connectivity index (χ2v) is 4.81. The topological polar surface area (TPSA) is 82.2 Å². The standard InChI is InChI=1S/C15H20N4O2/c1-11-7-8-17-19(11)9-3-4-15(20)18-13-10-12(16)5-6-14(13)21-2/h5-8,10H,3-4,9,16H2,1-2H3,(H,18,20). The van der Waals surface area contributed by atoms with Gasteiger partial charge in [0.1, 0.15) is 5.75 Å². The van der Waals surface area contributed by atoms with Crippen molar-refractivity contribution in [2.24, 2.45) is 0 Å². The lowest BCUT2D eigenvalue weighted by atomic mass is 10.2. The summed E-state index contributed by atoms with van der Waals surface area (Å²) < 4.78 is 7.08. The van der Waals surface area contributed by atoms with Crippen molar-refractivity contribution in [3.8, 4) is 5.75 Å². The number of nitrogens with one attached hydrogen (secondary N) is 1. The zero-order valence-electron chi connectivity index (χ0n) is 12.3. The molecule has 0 fully saturated rings. The predicted molar refractivity (Wildman–Crippen MR) is 82.2 cm³/mol. The van der Waals surface area contributed by atoms with Gasteiger partial charge in [-0.2, -0.15) is 5.10 Å². The summed E-state index contributed by atoms with van der Waals surface area (Å²) in [6, 6.07) is 7.10. The van der Waals surface area contributed by atoms with E-state index in [-0.39, 0.29) is 5.91 Å². The molecule has 1 aromatic carbocycles. The number of carbonyl (C=O) groups is 1. The van der Waals surface area contributed by atoms with E-state index in [4.69, 9.17) is 10.5 Å². The normalized spacial score (nSPS) is 10.4. The third-order valence-electron chi connectivity index (χ3n) is 3.20. The van der Waals surface area contributed by atoms with Crippen LogP contribution in [0, 0.1) is 6.92 Å². The Bertz CT molecular complexity index is 622. The highest BCUT2D eigenvalue weighted by Crippen LogP contribution is 2.26. The van der Waals surface area contributed by atoms with Gasteiger partial charge < -0.3 is 15.8 Å². The third kappa shape index (κ3) is 3.98. The van der Waals surface area contributed by atoms with Crippen molar-refractivity contribution in [3.05, 3.63) is 36.2 Å². The van der Waals surface area contributed by atoms with Crippen LogP contribution in [0.2, 0.25) is 0 Å². The van der Waals surface area contributed by atoms with Gasteiger partial charge in [0.25, 0.3) is 0 Å². The Labute approximate surface area is 123 Å². The Kier molecular flexibility index (Phi) is 4.81. The van der Waals surface area contributed by atoms with Gasteiger partial charge in [0.05, 0.1) is 12.8 Å². The molecule has 112 valence electrons. The highest BCUT2D eigenvalue weighted by atomic mass is 16.5. The molecular weight excluding hydrogens is 268 g/mol. The number of methoxy groups -OCH3 is 1. The van der Waals surface area contributed by atoms with Crippen LogP contribution in [0.5, 0.6) is 5.75 Å². The van der Waals surface area contributed by atoms with Gasteiger partial charge >= 0.3 is 0 Å². The summed E-state index contributed by atoms with van der Waals surface area (Å²) in [5.74, 6) is 0.532. The number of hydrogen-bond acceptors (Lipinski definition) is 4. The summed E-state index contributed by atoms with van der Waals surface area (Å²) in [7, 11) is 1.56. The fraction of sp³-hybridized carbons (Fsp3) is 0.333. The molecule has 3 N–H and O–H groups in total. The molecule has 1 amide bonds. The summed E-state index contributed by atoms with van der Waals surface area (Å²) in [6.45, 7) is 2.71. The number of aryl methyl sites for hydroxylation is 2. The number of nitrogen functional groups attached to an aromatic ring is 1. The number of nitrogens with two attached hydrogens (primary N) is 1. The van der Waals surface area contributed by atoms with Crippen LogP contribution in [-0.4, -0.2) is 22.8 Å². The van der Waals surface area contributed by atoms with Crippen LogP contribution in [0.25, 0.3) is 0 Å². The molecule has 0 atom stereocenters. The average Bonchev–Trinajstić information content (AvgIpc) is 2.85. The number of hydrogen-bond donors (Lipinski definition) is 2. The van der Waals surface area contributed by atoms with E-state index < -0.39 is 0 Å². The van der Waals surface area contributed by atoms with Gasteiger partial charge in [0.15, 0.2) is 0 Å². The number of anilines is 2. The van der Waals surface area contributed by atoms with Crippen LogP contribution < -0.4 is 15.8 Å². The van der Waals surface area contributed by atoms with Crippen molar-refractivity contribution in [2.45, 2.75) is 26.3 Å². The number of aromatic nitrogens is 2. The Morgan fingerprint density at radius 2 is 2.24 bits per heavy atom. The zero-order valence-corrected chi connectivity index (χ0v) is 12.3. The number of benzene rings is 1. The summed E-state index contributed by atoms with van der Waals surface area (Å²) in [6.07, 6.45) is 2.89. The van der Waals surface area contributed by atoms with Crippen LogP contribution in [0.4, 0.5) is 11.4 Å². The van der Waals surface area contributed by atoms with E-state index in [1.165, 1.54) is 0 Å². The van der Waals surface area contributed by atoms with Crippen molar-refractivity contribution in [1.29, 1.82) is 0 Å². The quantitative estimate of drug-likeness (QED) is 0.798. The number of nitrogens with zero attached hydrogens (tertiary/aromatic N) is 2. The fourth-order valence-corrected chi connectivity index (χ4v) is 2.06. The zero-order chi connectivity index (χ0) is 15.2. The van der Waals surface area contributed by atoms with Crippen molar-refractivity contribution in [1.82, 2.24) is 9.78 Å². The highest BCUT2D eigenvalue weighted by Gasteiger charge is 2.08. The maximum Gasteiger partial charge on any atom is 0.224 e. The summed E-state index contributed by atoms with van der Waals surface area (Å²) in [5.41, 5.74) is 7.99. The molecule has 0 unspecified atom stereocenters. The molecular formula is C15H20N4O2. The minimum Gasteiger partial charge on any atom is -0.495 e. The summed E-state index contributed by atoms with van der Waals surface area (Å²) >= 11 is 0. The number of rotatable bonds is 6. The van der Waals surface area contributed by atoms with E-state index in [0.29, 0.717) is 23.5 Å². The maximum absolute atomic E-state index is 12.0. The van der Waals surface area contributed by atoms with E-state index in [2.05, 4.69) is 10.4 Å². The first-order valence-corrected chi connectivity index (χ1v) is 6.82. The molecule has 2 rings (SSSR count). The summed E-state index contributed by atoms with van der Waals surface area (Å²) in [4.78, 5) is 12.0. The molecule has 0 saturated heterocycles. The Morgan fingerprint density at radius 3 is 2.90 bits per heavy atom. The number of carbonyl (C=O) groups excluding carboxylic acids is 1. The molecule has 0 saturated carbocycles. The second-order valence-electron chi connectivity index (χ2n) is 4.81. The van der Waals surface area contributed by atoms with Gasteiger partial charge in [-0.1, -0.05) is 0 Å². The maximum atomic E-state index is 12.0. The van der Waals surface area contributed by atoms with E-state index >= 15 is 0 Å². The van der Waals surface area contributed by atoms with Gasteiger partial charge in [0.2, 0.25) is 5.91 Å². The fourth-order valence-electron chi connectivity index (χ4n) is 2.06. The SMILES string of the molecule is COc1ccc(N)cc1NC(=O)CCCn1nccc1C. The smallest absolute Gasteiger partial charge is 0.224 e. The molecule has 1 heterocycles. The Balaban J connectivity index is 1.87. The van der Waals surface area contributed by atoms with Crippen molar-refractivity contribution in [2.75, 3.05) is 18.2 Å². The lowest BCUT2D eigenvalue weighted by molar-refractivity contribution is -0.116. The van der Waals surface area contributed by atoms with Crippen LogP contribution >= 0.6 is 0 Å². The second kappa shape index (κ2) is 6.78. The molecule has 0 bridgehead atoms. The van der Waals surface area contributed by atoms with E-state index in [1.54, 1.807) is 31.5 Å². The molecule has 0 radical (unpaired) electrons. The van der Waals surface area contributed by atoms with E-state index in [1.807, 2.05) is 17.7 Å². The molecule has 6 nitrogen and oxygen atoms in total. The molecule has 0 aliphatic rings. The third-order valence-corrected chi connectivity index (χ3v) is 3.20. The van der Waals surface area contributed by atoms with Crippen LogP contribution in [0.3, 0.4) is 0 Å². The van der Waals surface area contributed by atoms with Crippen molar-refractivity contribution >= 4 is 17.3 Å². The van der Waals surface area contributed by atoms with Crippen molar-refractivity contribution < 1.29 is 9.53 Å². The van der Waals surface area contributed by atoms with E-state index in [0.717, 1.165) is 18.7 Å². The van der Waals surface area contributed by atoms with Gasteiger partial charge in [-0.25, -0.2) is 0 Å². The molecule has 0 aliphatic heterocycles. The molecule has 21 heavy (non-hydrogen) atoms. The lowest BCUT2D eigenvalue weighted by Gasteiger charge is -2.11. The van der Waals surface area contributed by atoms with Gasteiger partial charge in [0, 0.05) is 30.5 Å². The lowest BCUT2D eigenvalue weighted by Crippen LogP contribution is -2.14. The Morgan fingerprint density at radius 1 is 1.43 bits per heavy atom.